The number of carbonyl (C=O) groups excluding carboxylic acids is 2. The molecule has 2 N–H and O–H groups in total. The predicted molar refractivity (Wildman–Crippen MR) is 61.3 cm³/mol. The van der Waals surface area contributed by atoms with Crippen LogP contribution in [-0.2, 0) is 9.59 Å². The van der Waals surface area contributed by atoms with Crippen molar-refractivity contribution in [3.05, 3.63) is 29.8 Å². The summed E-state index contributed by atoms with van der Waals surface area (Å²) in [6.07, 6.45) is -0.0785. The van der Waals surface area contributed by atoms with Crippen molar-refractivity contribution in [2.75, 3.05) is 6.61 Å². The van der Waals surface area contributed by atoms with Gasteiger partial charge in [0.15, 0.2) is 5.78 Å². The number of hydrogen-bond donors (Lipinski definition) is 2. The SMILES string of the molecule is CCOc1ccc(C2NNC(=O)CC2=O)cc1. The minimum Gasteiger partial charge on any atom is -0.494 e. The number of Topliss-reactive ketones (excluding diaryl/α,β-unsaturated/α-hetero) is 1. The van der Waals surface area contributed by atoms with Crippen molar-refractivity contribution < 1.29 is 14.3 Å². The second-order valence-electron chi connectivity index (χ2n) is 3.77. The average Bonchev–Trinajstić information content (AvgIpc) is 2.31. The van der Waals surface area contributed by atoms with Crippen LogP contribution in [-0.4, -0.2) is 18.3 Å². The van der Waals surface area contributed by atoms with Crippen LogP contribution >= 0.6 is 0 Å². The van der Waals surface area contributed by atoms with E-state index in [0.717, 1.165) is 11.3 Å². The fraction of sp³-hybridized carbons (Fsp3) is 0.333. The minimum absolute atomic E-state index is 0.0785. The van der Waals surface area contributed by atoms with Crippen LogP contribution in [0.1, 0.15) is 24.9 Å². The maximum Gasteiger partial charge on any atom is 0.241 e. The van der Waals surface area contributed by atoms with Gasteiger partial charge in [-0.15, -0.1) is 0 Å². The molecule has 5 heteroatoms. The van der Waals surface area contributed by atoms with Gasteiger partial charge in [-0.05, 0) is 24.6 Å². The van der Waals surface area contributed by atoms with E-state index >= 15 is 0 Å². The lowest BCUT2D eigenvalue weighted by molar-refractivity contribution is -0.134. The van der Waals surface area contributed by atoms with Crippen molar-refractivity contribution in [2.45, 2.75) is 19.4 Å². The van der Waals surface area contributed by atoms with Gasteiger partial charge in [-0.2, -0.15) is 0 Å². The van der Waals surface area contributed by atoms with Gasteiger partial charge in [-0.25, -0.2) is 5.43 Å². The van der Waals surface area contributed by atoms with E-state index in [1.54, 1.807) is 0 Å². The standard InChI is InChI=1S/C12H14N2O3/c1-2-17-9-5-3-8(4-6-9)12-10(15)7-11(16)13-14-12/h3-6,12,14H,2,7H2,1H3,(H,13,16). The second kappa shape index (κ2) is 4.97. The normalized spacial score (nSPS) is 19.9. The largest absolute Gasteiger partial charge is 0.494 e. The third-order valence-corrected chi connectivity index (χ3v) is 2.54. The van der Waals surface area contributed by atoms with Crippen LogP contribution in [0.3, 0.4) is 0 Å². The molecule has 1 heterocycles. The monoisotopic (exact) mass is 234 g/mol. The second-order valence-corrected chi connectivity index (χ2v) is 3.77. The van der Waals surface area contributed by atoms with Gasteiger partial charge in [0.05, 0.1) is 13.0 Å². The molecule has 0 spiro atoms. The first kappa shape index (κ1) is 11.6. The fourth-order valence-corrected chi connectivity index (χ4v) is 1.73. The number of rotatable bonds is 3. The van der Waals surface area contributed by atoms with Crippen LogP contribution in [0.25, 0.3) is 0 Å². The number of nitrogens with one attached hydrogen (secondary N) is 2. The van der Waals surface area contributed by atoms with Gasteiger partial charge in [0, 0.05) is 0 Å². The maximum atomic E-state index is 11.7. The van der Waals surface area contributed by atoms with E-state index < -0.39 is 6.04 Å². The van der Waals surface area contributed by atoms with Gasteiger partial charge in [0.25, 0.3) is 0 Å². The van der Waals surface area contributed by atoms with Gasteiger partial charge >= 0.3 is 0 Å². The molecule has 1 saturated heterocycles. The van der Waals surface area contributed by atoms with Crippen molar-refractivity contribution in [2.24, 2.45) is 0 Å². The van der Waals surface area contributed by atoms with Gasteiger partial charge < -0.3 is 4.74 Å². The van der Waals surface area contributed by atoms with Crippen LogP contribution in [0, 0.1) is 0 Å². The molecule has 0 saturated carbocycles. The number of amides is 1. The number of benzene rings is 1. The van der Waals surface area contributed by atoms with Crippen LogP contribution in [0.2, 0.25) is 0 Å². The first-order valence-electron chi connectivity index (χ1n) is 5.50. The molecule has 1 aromatic rings. The maximum absolute atomic E-state index is 11.7. The number of ketones is 1. The Labute approximate surface area is 99.1 Å². The molecule has 90 valence electrons. The summed E-state index contributed by atoms with van der Waals surface area (Å²) in [6.45, 7) is 2.52. The molecule has 17 heavy (non-hydrogen) atoms. The Hall–Kier alpha value is -1.88. The fourth-order valence-electron chi connectivity index (χ4n) is 1.73. The van der Waals surface area contributed by atoms with Crippen molar-refractivity contribution >= 4 is 11.7 Å². The molecule has 1 amide bonds. The van der Waals surface area contributed by atoms with E-state index in [0.29, 0.717) is 6.61 Å². The van der Waals surface area contributed by atoms with Crippen molar-refractivity contribution in [3.63, 3.8) is 0 Å². The molecule has 1 fully saturated rings. The molecule has 1 atom stereocenters. The molecule has 0 aromatic heterocycles. The summed E-state index contributed by atoms with van der Waals surface area (Å²) in [5.41, 5.74) is 5.97. The van der Waals surface area contributed by atoms with E-state index in [1.165, 1.54) is 0 Å². The zero-order chi connectivity index (χ0) is 12.3. The van der Waals surface area contributed by atoms with Crippen molar-refractivity contribution in [1.82, 2.24) is 10.9 Å². The highest BCUT2D eigenvalue weighted by Crippen LogP contribution is 2.20. The summed E-state index contributed by atoms with van der Waals surface area (Å²) in [5.74, 6) is 0.346. The lowest BCUT2D eigenvalue weighted by Crippen LogP contribution is -2.49. The summed E-state index contributed by atoms with van der Waals surface area (Å²) < 4.78 is 5.32. The summed E-state index contributed by atoms with van der Waals surface area (Å²) in [4.78, 5) is 22.6. The topological polar surface area (TPSA) is 67.4 Å². The van der Waals surface area contributed by atoms with Crippen LogP contribution < -0.4 is 15.6 Å². The molecule has 5 nitrogen and oxygen atoms in total. The molecule has 0 radical (unpaired) electrons. The Morgan fingerprint density at radius 3 is 2.59 bits per heavy atom. The van der Waals surface area contributed by atoms with E-state index in [2.05, 4.69) is 10.9 Å². The Balaban J connectivity index is 2.11. The first-order valence-corrected chi connectivity index (χ1v) is 5.50. The van der Waals surface area contributed by atoms with Crippen LogP contribution in [0.4, 0.5) is 0 Å². The van der Waals surface area contributed by atoms with Crippen molar-refractivity contribution in [3.8, 4) is 5.75 Å². The van der Waals surface area contributed by atoms with Gasteiger partial charge in [0.2, 0.25) is 5.91 Å². The molecule has 1 unspecified atom stereocenters. The minimum atomic E-state index is -0.469. The Morgan fingerprint density at radius 2 is 2.00 bits per heavy atom. The van der Waals surface area contributed by atoms with E-state index in [-0.39, 0.29) is 18.1 Å². The van der Waals surface area contributed by atoms with Gasteiger partial charge in [0.1, 0.15) is 11.8 Å². The molecular weight excluding hydrogens is 220 g/mol. The smallest absolute Gasteiger partial charge is 0.241 e. The van der Waals surface area contributed by atoms with Crippen LogP contribution in [0.15, 0.2) is 24.3 Å². The molecule has 0 aliphatic carbocycles. The third-order valence-electron chi connectivity index (χ3n) is 2.54. The first-order chi connectivity index (χ1) is 8.20. The lowest BCUT2D eigenvalue weighted by atomic mass is 10.00. The Kier molecular flexibility index (Phi) is 3.39. The number of carbonyl (C=O) groups is 2. The number of hydrogen-bond acceptors (Lipinski definition) is 4. The average molecular weight is 234 g/mol. The third kappa shape index (κ3) is 2.62. The highest BCUT2D eigenvalue weighted by molar-refractivity contribution is 6.02. The van der Waals surface area contributed by atoms with E-state index in [9.17, 15) is 9.59 Å². The highest BCUT2D eigenvalue weighted by Gasteiger charge is 2.27. The zero-order valence-corrected chi connectivity index (χ0v) is 9.53. The summed E-state index contributed by atoms with van der Waals surface area (Å²) in [7, 11) is 0. The predicted octanol–water partition coefficient (Wildman–Crippen LogP) is 0.720. The summed E-state index contributed by atoms with van der Waals surface area (Å²) in [6, 6.07) is 6.79. The van der Waals surface area contributed by atoms with E-state index in [1.807, 2.05) is 31.2 Å². The highest BCUT2D eigenvalue weighted by atomic mass is 16.5. The zero-order valence-electron chi connectivity index (χ0n) is 9.53. The molecule has 1 aliphatic heterocycles. The lowest BCUT2D eigenvalue weighted by Gasteiger charge is -2.23. The quantitative estimate of drug-likeness (QED) is 0.756. The number of ether oxygens (including phenoxy) is 1. The van der Waals surface area contributed by atoms with Gasteiger partial charge in [-0.1, -0.05) is 12.1 Å². The van der Waals surface area contributed by atoms with Crippen molar-refractivity contribution in [1.29, 1.82) is 0 Å². The molecule has 2 rings (SSSR count). The molecule has 1 aliphatic rings. The Morgan fingerprint density at radius 1 is 1.29 bits per heavy atom. The van der Waals surface area contributed by atoms with Crippen LogP contribution in [0.5, 0.6) is 5.75 Å². The summed E-state index contributed by atoms with van der Waals surface area (Å²) in [5, 5.41) is 0. The summed E-state index contributed by atoms with van der Waals surface area (Å²) >= 11 is 0. The number of hydrazine groups is 1. The molecule has 0 bridgehead atoms. The molecule has 1 aromatic carbocycles. The Bertz CT molecular complexity index is 428. The van der Waals surface area contributed by atoms with Gasteiger partial charge in [-0.3, -0.25) is 15.0 Å². The molecular formula is C12H14N2O3. The van der Waals surface area contributed by atoms with E-state index in [4.69, 9.17) is 4.74 Å².